The maximum Gasteiger partial charge on any atom is 0.294 e. The number of carbonyl (C=O) groups is 1. The van der Waals surface area contributed by atoms with Gasteiger partial charge in [0.15, 0.2) is 0 Å². The number of phenolic OH excluding ortho intramolecular Hbond substituents is 2. The van der Waals surface area contributed by atoms with Gasteiger partial charge in [-0.3, -0.25) is 9.35 Å². The standard InChI is InChI=1S/C17H13NO6S/c19-14-7-2-1-5-12(14)17(21)18-13-6-3-4-10-8-11(25(22,23)24)9-15(20)16(10)13/h1-9,19-20H,(H,18,21)(H,22,23,24). The van der Waals surface area contributed by atoms with Gasteiger partial charge in [-0.25, -0.2) is 0 Å². The summed E-state index contributed by atoms with van der Waals surface area (Å²) in [5.74, 6) is -1.21. The van der Waals surface area contributed by atoms with E-state index < -0.39 is 26.7 Å². The Labute approximate surface area is 142 Å². The third-order valence-electron chi connectivity index (χ3n) is 3.62. The first-order valence-corrected chi connectivity index (χ1v) is 8.54. The molecule has 0 bridgehead atoms. The van der Waals surface area contributed by atoms with Gasteiger partial charge in [-0.2, -0.15) is 8.42 Å². The second-order valence-electron chi connectivity index (χ2n) is 5.29. The van der Waals surface area contributed by atoms with Gasteiger partial charge < -0.3 is 15.5 Å². The Morgan fingerprint density at radius 2 is 1.64 bits per heavy atom. The molecule has 7 nitrogen and oxygen atoms in total. The van der Waals surface area contributed by atoms with Gasteiger partial charge in [0.1, 0.15) is 11.5 Å². The van der Waals surface area contributed by atoms with E-state index in [2.05, 4.69) is 5.32 Å². The smallest absolute Gasteiger partial charge is 0.294 e. The van der Waals surface area contributed by atoms with Gasteiger partial charge in [-0.15, -0.1) is 0 Å². The predicted molar refractivity (Wildman–Crippen MR) is 91.5 cm³/mol. The highest BCUT2D eigenvalue weighted by Crippen LogP contribution is 2.34. The van der Waals surface area contributed by atoms with Crippen molar-refractivity contribution >= 4 is 32.5 Å². The maximum absolute atomic E-state index is 12.3. The van der Waals surface area contributed by atoms with E-state index in [0.29, 0.717) is 5.39 Å². The lowest BCUT2D eigenvalue weighted by Crippen LogP contribution is -2.12. The lowest BCUT2D eigenvalue weighted by atomic mass is 10.1. The van der Waals surface area contributed by atoms with Gasteiger partial charge in [-0.1, -0.05) is 24.3 Å². The molecule has 0 fully saturated rings. The van der Waals surface area contributed by atoms with E-state index in [1.807, 2.05) is 0 Å². The van der Waals surface area contributed by atoms with Gasteiger partial charge in [0.05, 0.1) is 16.1 Å². The molecular weight excluding hydrogens is 346 g/mol. The number of benzene rings is 3. The Morgan fingerprint density at radius 1 is 0.920 bits per heavy atom. The zero-order valence-corrected chi connectivity index (χ0v) is 13.5. The average molecular weight is 359 g/mol. The first kappa shape index (κ1) is 16.7. The molecule has 0 atom stereocenters. The van der Waals surface area contributed by atoms with Crippen molar-refractivity contribution in [3.8, 4) is 11.5 Å². The van der Waals surface area contributed by atoms with Crippen molar-refractivity contribution in [3.63, 3.8) is 0 Å². The Hall–Kier alpha value is -3.10. The molecule has 0 radical (unpaired) electrons. The summed E-state index contributed by atoms with van der Waals surface area (Å²) in [6, 6.07) is 12.6. The van der Waals surface area contributed by atoms with Crippen molar-refractivity contribution in [2.45, 2.75) is 4.90 Å². The molecule has 3 aromatic carbocycles. The summed E-state index contributed by atoms with van der Waals surface area (Å²) in [6.07, 6.45) is 0. The van der Waals surface area contributed by atoms with Gasteiger partial charge in [-0.05, 0) is 29.7 Å². The number of carbonyl (C=O) groups excluding carboxylic acids is 1. The molecule has 0 saturated carbocycles. The molecular formula is C17H13NO6S. The van der Waals surface area contributed by atoms with E-state index in [9.17, 15) is 23.4 Å². The molecule has 0 aliphatic rings. The summed E-state index contributed by atoms with van der Waals surface area (Å²) in [6.45, 7) is 0. The molecule has 0 heterocycles. The Bertz CT molecular complexity index is 1090. The topological polar surface area (TPSA) is 124 Å². The van der Waals surface area contributed by atoms with Gasteiger partial charge in [0, 0.05) is 11.5 Å². The Balaban J connectivity index is 2.09. The zero-order chi connectivity index (χ0) is 18.2. The number of para-hydroxylation sites is 1. The number of fused-ring (bicyclic) bond motifs is 1. The number of anilines is 1. The summed E-state index contributed by atoms with van der Waals surface area (Å²) in [5, 5.41) is 23.0. The first-order chi connectivity index (χ1) is 11.8. The molecule has 0 aliphatic heterocycles. The summed E-state index contributed by atoms with van der Waals surface area (Å²) >= 11 is 0. The molecule has 0 saturated heterocycles. The highest BCUT2D eigenvalue weighted by molar-refractivity contribution is 7.85. The quantitative estimate of drug-likeness (QED) is 0.533. The number of hydrogen-bond donors (Lipinski definition) is 4. The van der Waals surface area contributed by atoms with Gasteiger partial charge in [0.2, 0.25) is 0 Å². The molecule has 0 aliphatic carbocycles. The van der Waals surface area contributed by atoms with E-state index in [0.717, 1.165) is 6.07 Å². The molecule has 4 N–H and O–H groups in total. The molecule has 25 heavy (non-hydrogen) atoms. The van der Waals surface area contributed by atoms with E-state index in [-0.39, 0.29) is 22.4 Å². The van der Waals surface area contributed by atoms with Crippen molar-refractivity contribution in [3.05, 3.63) is 60.2 Å². The third kappa shape index (κ3) is 3.25. The molecule has 1 amide bonds. The van der Waals surface area contributed by atoms with Crippen LogP contribution in [0.3, 0.4) is 0 Å². The molecule has 8 heteroatoms. The largest absolute Gasteiger partial charge is 0.507 e. The monoisotopic (exact) mass is 359 g/mol. The summed E-state index contributed by atoms with van der Waals surface area (Å²) in [7, 11) is -4.48. The summed E-state index contributed by atoms with van der Waals surface area (Å²) < 4.78 is 31.7. The van der Waals surface area contributed by atoms with Crippen LogP contribution >= 0.6 is 0 Å². The second-order valence-corrected chi connectivity index (χ2v) is 6.71. The summed E-state index contributed by atoms with van der Waals surface area (Å²) in [4.78, 5) is 11.9. The molecule has 0 aromatic heterocycles. The normalized spacial score (nSPS) is 11.4. The minimum absolute atomic E-state index is 0.0496. The van der Waals surface area contributed by atoms with Crippen LogP contribution < -0.4 is 5.32 Å². The van der Waals surface area contributed by atoms with Gasteiger partial charge >= 0.3 is 0 Å². The van der Waals surface area contributed by atoms with Crippen molar-refractivity contribution in [2.24, 2.45) is 0 Å². The fraction of sp³-hybridized carbons (Fsp3) is 0. The van der Waals surface area contributed by atoms with E-state index >= 15 is 0 Å². The van der Waals surface area contributed by atoms with Crippen LogP contribution in [-0.4, -0.2) is 29.1 Å². The molecule has 0 spiro atoms. The van der Waals surface area contributed by atoms with E-state index in [1.54, 1.807) is 18.2 Å². The lowest BCUT2D eigenvalue weighted by molar-refractivity contribution is 0.102. The fourth-order valence-electron chi connectivity index (χ4n) is 2.49. The van der Waals surface area contributed by atoms with E-state index in [1.165, 1.54) is 30.3 Å². The molecule has 3 aromatic rings. The van der Waals surface area contributed by atoms with Crippen LogP contribution in [0.2, 0.25) is 0 Å². The van der Waals surface area contributed by atoms with Gasteiger partial charge in [0.25, 0.3) is 16.0 Å². The lowest BCUT2D eigenvalue weighted by Gasteiger charge is -2.12. The number of aromatic hydroxyl groups is 2. The molecule has 0 unspecified atom stereocenters. The van der Waals surface area contributed by atoms with Crippen molar-refractivity contribution < 1.29 is 28.0 Å². The van der Waals surface area contributed by atoms with Crippen LogP contribution in [-0.2, 0) is 10.1 Å². The van der Waals surface area contributed by atoms with Crippen molar-refractivity contribution in [2.75, 3.05) is 5.32 Å². The average Bonchev–Trinajstić information content (AvgIpc) is 2.54. The number of hydrogen-bond acceptors (Lipinski definition) is 5. The fourth-order valence-corrected chi connectivity index (χ4v) is 3.02. The second kappa shape index (κ2) is 6.08. The molecule has 3 rings (SSSR count). The van der Waals surface area contributed by atoms with Crippen LogP contribution in [0.25, 0.3) is 10.8 Å². The minimum Gasteiger partial charge on any atom is -0.507 e. The number of rotatable bonds is 3. The SMILES string of the molecule is O=C(Nc1cccc2cc(S(=O)(=O)O)cc(O)c12)c1ccccc1O. The Morgan fingerprint density at radius 3 is 2.32 bits per heavy atom. The van der Waals surface area contributed by atoms with Crippen LogP contribution in [0.5, 0.6) is 11.5 Å². The van der Waals surface area contributed by atoms with Crippen LogP contribution in [0.4, 0.5) is 5.69 Å². The highest BCUT2D eigenvalue weighted by Gasteiger charge is 2.17. The molecule has 128 valence electrons. The summed E-state index contributed by atoms with van der Waals surface area (Å²) in [5.41, 5.74) is 0.277. The number of nitrogens with one attached hydrogen (secondary N) is 1. The number of amides is 1. The minimum atomic E-state index is -4.48. The van der Waals surface area contributed by atoms with Crippen molar-refractivity contribution in [1.29, 1.82) is 0 Å². The van der Waals surface area contributed by atoms with Crippen LogP contribution in [0, 0.1) is 0 Å². The maximum atomic E-state index is 12.3. The van der Waals surface area contributed by atoms with Crippen LogP contribution in [0.1, 0.15) is 10.4 Å². The zero-order valence-electron chi connectivity index (χ0n) is 12.7. The highest BCUT2D eigenvalue weighted by atomic mass is 32.2. The number of phenols is 2. The van der Waals surface area contributed by atoms with Crippen LogP contribution in [0.15, 0.2) is 59.5 Å². The third-order valence-corrected chi connectivity index (χ3v) is 4.46. The van der Waals surface area contributed by atoms with E-state index in [4.69, 9.17) is 4.55 Å². The Kier molecular flexibility index (Phi) is 4.07. The van der Waals surface area contributed by atoms with Crippen molar-refractivity contribution in [1.82, 2.24) is 0 Å². The predicted octanol–water partition coefficient (Wildman–Crippen LogP) is 2.75. The first-order valence-electron chi connectivity index (χ1n) is 7.10.